The van der Waals surface area contributed by atoms with Gasteiger partial charge in [0.1, 0.15) is 8.96 Å². The van der Waals surface area contributed by atoms with Crippen molar-refractivity contribution in [2.75, 3.05) is 4.57 Å². The third-order valence-corrected chi connectivity index (χ3v) is 9.81. The summed E-state index contributed by atoms with van der Waals surface area (Å²) in [6.45, 7) is 10.1. The molecule has 22 heavy (non-hydrogen) atoms. The van der Waals surface area contributed by atoms with Crippen LogP contribution in [0, 0.1) is 0 Å². The first-order valence-electron chi connectivity index (χ1n) is 9.31. The summed E-state index contributed by atoms with van der Waals surface area (Å²) in [5.74, 6) is 0. The molecule has 1 aromatic rings. The van der Waals surface area contributed by atoms with Crippen LogP contribution in [0.15, 0.2) is 30.3 Å². The third kappa shape index (κ3) is 5.58. The number of hydrogen-bond donors (Lipinski definition) is 0. The van der Waals surface area contributed by atoms with Gasteiger partial charge in [-0.05, 0) is 31.0 Å². The number of rotatable bonds is 7. The molecule has 1 aromatic carbocycles. The number of hydrogen-bond acceptors (Lipinski definition) is 1. The van der Waals surface area contributed by atoms with E-state index in [1.807, 2.05) is 0 Å². The summed E-state index contributed by atoms with van der Waals surface area (Å²) in [6.07, 6.45) is 8.61. The number of anilines is 1. The van der Waals surface area contributed by atoms with Crippen molar-refractivity contribution in [2.24, 2.45) is 0 Å². The van der Waals surface area contributed by atoms with Crippen LogP contribution >= 0.6 is 0 Å². The number of benzene rings is 1. The molecule has 1 aliphatic rings. The molecule has 1 saturated carbocycles. The Balaban J connectivity index is 2.03. The van der Waals surface area contributed by atoms with Gasteiger partial charge in [0.05, 0.1) is 0 Å². The summed E-state index contributed by atoms with van der Waals surface area (Å²) < 4.78 is 2.89. The highest BCUT2D eigenvalue weighted by Gasteiger charge is 2.26. The highest BCUT2D eigenvalue weighted by Crippen LogP contribution is 2.30. The van der Waals surface area contributed by atoms with E-state index in [9.17, 15) is 0 Å². The van der Waals surface area contributed by atoms with Crippen LogP contribution in [0.2, 0.25) is 38.3 Å². The minimum absolute atomic E-state index is 0.824. The molecule has 1 fully saturated rings. The average molecular weight is 334 g/mol. The Morgan fingerprint density at radius 3 is 2.27 bits per heavy atom. The topological polar surface area (TPSA) is 3.24 Å². The quantitative estimate of drug-likeness (QED) is 0.561. The molecule has 0 aromatic heterocycles. The molecular weight excluding hydrogens is 298 g/mol. The number of nitrogens with zero attached hydrogens (tertiary/aromatic N) is 1. The zero-order valence-electron chi connectivity index (χ0n) is 15.1. The van der Waals surface area contributed by atoms with Crippen molar-refractivity contribution in [1.29, 1.82) is 0 Å². The minimum Gasteiger partial charge on any atom is -0.398 e. The zero-order valence-corrected chi connectivity index (χ0v) is 17.3. The van der Waals surface area contributed by atoms with E-state index < -0.39 is 17.0 Å². The lowest BCUT2D eigenvalue weighted by atomic mass is 9.95. The maximum atomic E-state index is 2.89. The minimum atomic E-state index is -0.874. The van der Waals surface area contributed by atoms with Gasteiger partial charge in [-0.2, -0.15) is 0 Å². The first kappa shape index (κ1) is 17.8. The van der Waals surface area contributed by atoms with E-state index >= 15 is 0 Å². The normalized spacial score (nSPS) is 18.2. The van der Waals surface area contributed by atoms with Gasteiger partial charge in [-0.15, -0.1) is 0 Å². The van der Waals surface area contributed by atoms with Gasteiger partial charge in [-0.1, -0.05) is 76.1 Å². The molecule has 3 heteroatoms. The van der Waals surface area contributed by atoms with Crippen LogP contribution in [0.1, 0.15) is 38.5 Å². The van der Waals surface area contributed by atoms with Crippen LogP contribution in [0.4, 0.5) is 5.69 Å². The molecule has 124 valence electrons. The molecule has 0 N–H and O–H groups in total. The summed E-state index contributed by atoms with van der Waals surface area (Å²) in [5.41, 5.74) is 1.50. The molecule has 1 atom stereocenters. The fraction of sp³-hybridized carbons (Fsp3) is 0.684. The molecule has 1 nitrogen and oxygen atoms in total. The molecule has 0 amide bonds. The third-order valence-electron chi connectivity index (χ3n) is 5.05. The van der Waals surface area contributed by atoms with E-state index in [0.29, 0.717) is 0 Å². The lowest BCUT2D eigenvalue weighted by Gasteiger charge is -2.40. The highest BCUT2D eigenvalue weighted by molar-refractivity contribution is 6.76. The lowest BCUT2D eigenvalue weighted by molar-refractivity contribution is 0.441. The van der Waals surface area contributed by atoms with Gasteiger partial charge in [0.2, 0.25) is 0 Å². The predicted molar refractivity (Wildman–Crippen MR) is 106 cm³/mol. The van der Waals surface area contributed by atoms with Crippen molar-refractivity contribution in [3.8, 4) is 0 Å². The van der Waals surface area contributed by atoms with Gasteiger partial charge in [0.15, 0.2) is 0 Å². The number of para-hydroxylation sites is 1. The highest BCUT2D eigenvalue weighted by atomic mass is 28.3. The summed E-state index contributed by atoms with van der Waals surface area (Å²) in [5, 5.41) is 0. The molecule has 0 radical (unpaired) electrons. The molecule has 0 heterocycles. The maximum absolute atomic E-state index is 2.89. The largest absolute Gasteiger partial charge is 0.398 e. The Labute approximate surface area is 140 Å². The Morgan fingerprint density at radius 2 is 1.68 bits per heavy atom. The first-order chi connectivity index (χ1) is 10.5. The molecule has 0 aliphatic heterocycles. The Kier molecular flexibility index (Phi) is 6.75. The van der Waals surface area contributed by atoms with Gasteiger partial charge >= 0.3 is 0 Å². The first-order valence-corrected chi connectivity index (χ1v) is 15.5. The summed E-state index contributed by atoms with van der Waals surface area (Å²) in [4.78, 5) is 0. The molecule has 0 bridgehead atoms. The maximum Gasteiger partial charge on any atom is 0.137 e. The SMILES string of the molecule is C[SiH](CCC[Si](C)(C)C)N(c1ccccc1)C1CCCCC1. The van der Waals surface area contributed by atoms with Gasteiger partial charge in [-0.25, -0.2) is 0 Å². The second-order valence-corrected chi connectivity index (χ2v) is 16.8. The van der Waals surface area contributed by atoms with E-state index in [1.54, 1.807) is 0 Å². The van der Waals surface area contributed by atoms with Crippen LogP contribution in [0.3, 0.4) is 0 Å². The second-order valence-electron chi connectivity index (χ2n) is 8.34. The lowest BCUT2D eigenvalue weighted by Crippen LogP contribution is -2.46. The van der Waals surface area contributed by atoms with Crippen molar-refractivity contribution in [1.82, 2.24) is 0 Å². The van der Waals surface area contributed by atoms with Gasteiger partial charge in [-0.3, -0.25) is 0 Å². The van der Waals surface area contributed by atoms with Crippen molar-refractivity contribution < 1.29 is 0 Å². The van der Waals surface area contributed by atoms with E-state index in [0.717, 1.165) is 6.04 Å². The molecule has 0 saturated heterocycles. The van der Waals surface area contributed by atoms with Gasteiger partial charge in [0, 0.05) is 19.8 Å². The van der Waals surface area contributed by atoms with Crippen LogP contribution in [0.5, 0.6) is 0 Å². The molecule has 0 spiro atoms. The predicted octanol–water partition coefficient (Wildman–Crippen LogP) is 5.91. The van der Waals surface area contributed by atoms with E-state index in [4.69, 9.17) is 0 Å². The van der Waals surface area contributed by atoms with Gasteiger partial charge in [0.25, 0.3) is 0 Å². The van der Waals surface area contributed by atoms with Crippen LogP contribution in [-0.2, 0) is 0 Å². The average Bonchev–Trinajstić information content (AvgIpc) is 2.48. The van der Waals surface area contributed by atoms with Crippen molar-refractivity contribution in [2.45, 2.75) is 82.8 Å². The fourth-order valence-corrected chi connectivity index (χ4v) is 8.30. The van der Waals surface area contributed by atoms with E-state index in [1.165, 1.54) is 56.3 Å². The zero-order chi connectivity index (χ0) is 16.0. The Hall–Kier alpha value is -0.546. The second kappa shape index (κ2) is 8.35. The molecule has 1 unspecified atom stereocenters. The van der Waals surface area contributed by atoms with E-state index in [-0.39, 0.29) is 0 Å². The van der Waals surface area contributed by atoms with Crippen molar-refractivity contribution in [3.63, 3.8) is 0 Å². The summed E-state index contributed by atoms with van der Waals surface area (Å²) >= 11 is 0. The Morgan fingerprint density at radius 1 is 1.05 bits per heavy atom. The molecule has 2 rings (SSSR count). The molecule has 1 aliphatic carbocycles. The van der Waals surface area contributed by atoms with Crippen molar-refractivity contribution in [3.05, 3.63) is 30.3 Å². The van der Waals surface area contributed by atoms with Crippen LogP contribution < -0.4 is 4.57 Å². The summed E-state index contributed by atoms with van der Waals surface area (Å²) in [6, 6.07) is 15.1. The van der Waals surface area contributed by atoms with Crippen LogP contribution in [-0.4, -0.2) is 23.1 Å². The smallest absolute Gasteiger partial charge is 0.137 e. The standard InChI is InChI=1S/C19H35NSi2/c1-21(16-11-17-22(2,3)4)20(18-12-7-5-8-13-18)19-14-9-6-10-15-19/h5,7-8,12-13,19,21H,6,9-11,14-17H2,1-4H3. The fourth-order valence-electron chi connectivity index (χ4n) is 3.85. The van der Waals surface area contributed by atoms with Gasteiger partial charge < -0.3 is 4.57 Å². The monoisotopic (exact) mass is 333 g/mol. The molecular formula is C19H35NSi2. The summed E-state index contributed by atoms with van der Waals surface area (Å²) in [7, 11) is -1.72. The van der Waals surface area contributed by atoms with Crippen LogP contribution in [0.25, 0.3) is 0 Å². The van der Waals surface area contributed by atoms with E-state index in [2.05, 4.69) is 61.1 Å². The Bertz CT molecular complexity index is 421. The van der Waals surface area contributed by atoms with Crippen molar-refractivity contribution >= 4 is 22.7 Å².